The summed E-state index contributed by atoms with van der Waals surface area (Å²) in [6.07, 6.45) is 7.27. The van der Waals surface area contributed by atoms with Gasteiger partial charge in [0.2, 0.25) is 0 Å². The fourth-order valence-electron chi connectivity index (χ4n) is 2.79. The van der Waals surface area contributed by atoms with Crippen LogP contribution in [0.1, 0.15) is 38.3 Å². The van der Waals surface area contributed by atoms with Crippen molar-refractivity contribution in [1.82, 2.24) is 9.78 Å². The van der Waals surface area contributed by atoms with Gasteiger partial charge in [0.05, 0.1) is 17.2 Å². The summed E-state index contributed by atoms with van der Waals surface area (Å²) in [6.45, 7) is 2.22. The van der Waals surface area contributed by atoms with E-state index in [1.807, 2.05) is 24.0 Å². The molecule has 0 radical (unpaired) electrons. The topological polar surface area (TPSA) is 41.6 Å². The molecule has 2 rings (SSSR count). The summed E-state index contributed by atoms with van der Waals surface area (Å²) in [4.78, 5) is 0. The van der Waals surface area contributed by atoms with E-state index in [1.54, 1.807) is 0 Å². The monoisotopic (exact) mass is 217 g/mol. The Kier molecular flexibility index (Phi) is 3.00. The van der Waals surface area contributed by atoms with Crippen molar-refractivity contribution in [1.29, 1.82) is 5.26 Å². The van der Waals surface area contributed by atoms with Crippen LogP contribution in [0.15, 0.2) is 12.3 Å². The van der Waals surface area contributed by atoms with Gasteiger partial charge in [-0.15, -0.1) is 0 Å². The van der Waals surface area contributed by atoms with Gasteiger partial charge in [0.1, 0.15) is 0 Å². The molecule has 86 valence electrons. The molecular weight excluding hydrogens is 198 g/mol. The molecule has 1 aliphatic carbocycles. The van der Waals surface area contributed by atoms with Gasteiger partial charge in [-0.25, -0.2) is 0 Å². The highest BCUT2D eigenvalue weighted by molar-refractivity contribution is 5.12. The van der Waals surface area contributed by atoms with Gasteiger partial charge in [-0.05, 0) is 31.2 Å². The minimum atomic E-state index is -0.144. The standard InChI is InChI=1S/C13H19N3/c1-3-11-4-6-13(8-11,10-14)9-12-5-7-16(2)15-12/h5,7,11H,3-4,6,8-9H2,1-2H3. The zero-order valence-corrected chi connectivity index (χ0v) is 10.1. The summed E-state index contributed by atoms with van der Waals surface area (Å²) in [5.74, 6) is 0.739. The molecule has 1 aromatic heterocycles. The molecular formula is C13H19N3. The molecule has 1 heterocycles. The van der Waals surface area contributed by atoms with Crippen molar-refractivity contribution in [2.24, 2.45) is 18.4 Å². The molecule has 0 saturated heterocycles. The Morgan fingerprint density at radius 3 is 3.00 bits per heavy atom. The Morgan fingerprint density at radius 2 is 2.50 bits per heavy atom. The summed E-state index contributed by atoms with van der Waals surface area (Å²) in [5, 5.41) is 13.8. The fourth-order valence-corrected chi connectivity index (χ4v) is 2.79. The fraction of sp³-hybridized carbons (Fsp3) is 0.692. The van der Waals surface area contributed by atoms with Gasteiger partial charge in [-0.1, -0.05) is 13.3 Å². The average molecular weight is 217 g/mol. The van der Waals surface area contributed by atoms with Crippen molar-refractivity contribution >= 4 is 0 Å². The smallest absolute Gasteiger partial charge is 0.0693 e. The van der Waals surface area contributed by atoms with Crippen LogP contribution >= 0.6 is 0 Å². The van der Waals surface area contributed by atoms with Crippen LogP contribution in [0.2, 0.25) is 0 Å². The number of rotatable bonds is 3. The number of aromatic nitrogens is 2. The van der Waals surface area contributed by atoms with Crippen molar-refractivity contribution in [3.63, 3.8) is 0 Å². The zero-order valence-electron chi connectivity index (χ0n) is 10.1. The average Bonchev–Trinajstić information content (AvgIpc) is 2.87. The maximum absolute atomic E-state index is 9.41. The number of aryl methyl sites for hydroxylation is 1. The first-order chi connectivity index (χ1) is 7.67. The van der Waals surface area contributed by atoms with Crippen molar-refractivity contribution in [2.75, 3.05) is 0 Å². The van der Waals surface area contributed by atoms with E-state index in [2.05, 4.69) is 18.1 Å². The van der Waals surface area contributed by atoms with Gasteiger partial charge in [-0.2, -0.15) is 10.4 Å². The van der Waals surface area contributed by atoms with Crippen molar-refractivity contribution in [3.8, 4) is 6.07 Å². The molecule has 0 aliphatic heterocycles. The van der Waals surface area contributed by atoms with Gasteiger partial charge in [0.25, 0.3) is 0 Å². The van der Waals surface area contributed by atoms with Crippen LogP contribution in [-0.2, 0) is 13.5 Å². The second-order valence-corrected chi connectivity index (χ2v) is 5.07. The summed E-state index contributed by atoms with van der Waals surface area (Å²) >= 11 is 0. The lowest BCUT2D eigenvalue weighted by Gasteiger charge is -2.19. The maximum atomic E-state index is 9.41. The van der Waals surface area contributed by atoms with Crippen molar-refractivity contribution in [3.05, 3.63) is 18.0 Å². The van der Waals surface area contributed by atoms with Crippen LogP contribution in [0.4, 0.5) is 0 Å². The molecule has 0 spiro atoms. The van der Waals surface area contributed by atoms with Crippen LogP contribution < -0.4 is 0 Å². The number of hydrogen-bond acceptors (Lipinski definition) is 2. The molecule has 0 amide bonds. The van der Waals surface area contributed by atoms with Crippen molar-refractivity contribution < 1.29 is 0 Å². The third-order valence-electron chi connectivity index (χ3n) is 3.81. The summed E-state index contributed by atoms with van der Waals surface area (Å²) in [6, 6.07) is 4.58. The molecule has 3 heteroatoms. The normalized spacial score (nSPS) is 29.2. The Labute approximate surface area is 97.1 Å². The first-order valence-corrected chi connectivity index (χ1v) is 6.07. The maximum Gasteiger partial charge on any atom is 0.0693 e. The summed E-state index contributed by atoms with van der Waals surface area (Å²) in [7, 11) is 1.92. The third-order valence-corrected chi connectivity index (χ3v) is 3.81. The quantitative estimate of drug-likeness (QED) is 0.781. The Bertz CT molecular complexity index is 402. The van der Waals surface area contributed by atoms with Crippen LogP contribution in [0.3, 0.4) is 0 Å². The molecule has 1 fully saturated rings. The lowest BCUT2D eigenvalue weighted by atomic mass is 9.82. The summed E-state index contributed by atoms with van der Waals surface area (Å²) < 4.78 is 1.81. The van der Waals surface area contributed by atoms with Crippen LogP contribution in [-0.4, -0.2) is 9.78 Å². The van der Waals surface area contributed by atoms with Crippen LogP contribution in [0, 0.1) is 22.7 Å². The molecule has 3 nitrogen and oxygen atoms in total. The number of nitrogens with zero attached hydrogens (tertiary/aromatic N) is 3. The highest BCUT2D eigenvalue weighted by Gasteiger charge is 2.39. The van der Waals surface area contributed by atoms with Gasteiger partial charge in [0.15, 0.2) is 0 Å². The first kappa shape index (κ1) is 11.2. The first-order valence-electron chi connectivity index (χ1n) is 6.07. The predicted octanol–water partition coefficient (Wildman–Crippen LogP) is 2.68. The van der Waals surface area contributed by atoms with E-state index in [9.17, 15) is 5.26 Å². The Morgan fingerprint density at radius 1 is 1.69 bits per heavy atom. The van der Waals surface area contributed by atoms with E-state index < -0.39 is 0 Å². The van der Waals surface area contributed by atoms with Gasteiger partial charge >= 0.3 is 0 Å². The van der Waals surface area contributed by atoms with E-state index in [0.717, 1.165) is 30.9 Å². The molecule has 2 atom stereocenters. The molecule has 1 aromatic rings. The van der Waals surface area contributed by atoms with E-state index in [-0.39, 0.29) is 5.41 Å². The van der Waals surface area contributed by atoms with Crippen LogP contribution in [0.5, 0.6) is 0 Å². The second kappa shape index (κ2) is 4.29. The van der Waals surface area contributed by atoms with E-state index in [4.69, 9.17) is 0 Å². The van der Waals surface area contributed by atoms with Gasteiger partial charge in [0, 0.05) is 19.7 Å². The zero-order chi connectivity index (χ0) is 11.6. The second-order valence-electron chi connectivity index (χ2n) is 5.07. The predicted molar refractivity (Wildman–Crippen MR) is 62.6 cm³/mol. The molecule has 0 bridgehead atoms. The Balaban J connectivity index is 2.09. The lowest BCUT2D eigenvalue weighted by molar-refractivity contribution is 0.376. The van der Waals surface area contributed by atoms with E-state index >= 15 is 0 Å². The Hall–Kier alpha value is -1.30. The molecule has 0 aromatic carbocycles. The summed E-state index contributed by atoms with van der Waals surface area (Å²) in [5.41, 5.74) is 0.912. The number of nitriles is 1. The van der Waals surface area contributed by atoms with E-state index in [0.29, 0.717) is 0 Å². The van der Waals surface area contributed by atoms with E-state index in [1.165, 1.54) is 12.8 Å². The highest BCUT2D eigenvalue weighted by Crippen LogP contribution is 2.44. The highest BCUT2D eigenvalue weighted by atomic mass is 15.2. The molecule has 16 heavy (non-hydrogen) atoms. The third kappa shape index (κ3) is 2.11. The van der Waals surface area contributed by atoms with Crippen LogP contribution in [0.25, 0.3) is 0 Å². The molecule has 0 N–H and O–H groups in total. The minimum Gasteiger partial charge on any atom is -0.276 e. The van der Waals surface area contributed by atoms with Gasteiger partial charge < -0.3 is 0 Å². The minimum absolute atomic E-state index is 0.144. The molecule has 2 unspecified atom stereocenters. The lowest BCUT2D eigenvalue weighted by Crippen LogP contribution is -2.18. The molecule has 1 saturated carbocycles. The number of hydrogen-bond donors (Lipinski definition) is 0. The molecule has 1 aliphatic rings. The largest absolute Gasteiger partial charge is 0.276 e. The van der Waals surface area contributed by atoms with Gasteiger partial charge in [-0.3, -0.25) is 4.68 Å². The SMILES string of the molecule is CCC1CCC(C#N)(Cc2ccn(C)n2)C1. The van der Waals surface area contributed by atoms with Crippen molar-refractivity contribution in [2.45, 2.75) is 39.0 Å².